The van der Waals surface area contributed by atoms with Gasteiger partial charge in [-0.05, 0) is 30.6 Å². The summed E-state index contributed by atoms with van der Waals surface area (Å²) in [7, 11) is -0.880. The zero-order valence-electron chi connectivity index (χ0n) is 15.8. The summed E-state index contributed by atoms with van der Waals surface area (Å²) in [5.41, 5.74) is 5.42. The molecule has 3 rings (SSSR count). The molecule has 0 saturated carbocycles. The SMILES string of the molecule is CCCc1ccc(-c2cccc3[cH-]c(C)cc23)cc1.C[Si](C)O.[Cl-].[Cl-].[Zr+3]. The molecular formula is C21H26Cl2OSiZr. The van der Waals surface area contributed by atoms with E-state index in [9.17, 15) is 0 Å². The average Bonchev–Trinajstić information content (AvgIpc) is 2.88. The van der Waals surface area contributed by atoms with Crippen LogP contribution in [-0.4, -0.2) is 13.8 Å². The van der Waals surface area contributed by atoms with E-state index in [4.69, 9.17) is 4.80 Å². The van der Waals surface area contributed by atoms with E-state index in [0.29, 0.717) is 0 Å². The largest absolute Gasteiger partial charge is 3.00 e. The van der Waals surface area contributed by atoms with Crippen molar-refractivity contribution in [1.29, 1.82) is 0 Å². The third-order valence-corrected chi connectivity index (χ3v) is 3.70. The van der Waals surface area contributed by atoms with Gasteiger partial charge in [0.15, 0.2) is 9.04 Å². The van der Waals surface area contributed by atoms with E-state index in [2.05, 4.69) is 68.4 Å². The van der Waals surface area contributed by atoms with E-state index < -0.39 is 9.04 Å². The summed E-state index contributed by atoms with van der Waals surface area (Å²) in [5.74, 6) is 0. The van der Waals surface area contributed by atoms with Crippen LogP contribution in [0.25, 0.3) is 21.9 Å². The maximum Gasteiger partial charge on any atom is 3.00 e. The zero-order valence-corrected chi connectivity index (χ0v) is 20.8. The number of hydrogen-bond acceptors (Lipinski definition) is 1. The molecule has 5 heteroatoms. The van der Waals surface area contributed by atoms with Gasteiger partial charge in [-0.2, -0.15) is 6.07 Å². The minimum atomic E-state index is -0.880. The summed E-state index contributed by atoms with van der Waals surface area (Å²) >= 11 is 0. The number of benzene rings is 2. The van der Waals surface area contributed by atoms with Gasteiger partial charge in [0.2, 0.25) is 0 Å². The summed E-state index contributed by atoms with van der Waals surface area (Å²) in [6.07, 6.45) is 2.37. The fourth-order valence-corrected chi connectivity index (χ4v) is 2.78. The predicted octanol–water partition coefficient (Wildman–Crippen LogP) is -0.278. The second kappa shape index (κ2) is 13.8. The second-order valence-corrected chi connectivity index (χ2v) is 8.13. The topological polar surface area (TPSA) is 20.2 Å². The molecule has 1 N–H and O–H groups in total. The van der Waals surface area contributed by atoms with Crippen LogP contribution in [0.1, 0.15) is 24.5 Å². The Balaban J connectivity index is 0. The summed E-state index contributed by atoms with van der Waals surface area (Å²) in [4.78, 5) is 8.16. The number of aryl methyl sites for hydroxylation is 2. The van der Waals surface area contributed by atoms with Crippen molar-refractivity contribution >= 4 is 19.8 Å². The van der Waals surface area contributed by atoms with Gasteiger partial charge in [0.25, 0.3) is 0 Å². The van der Waals surface area contributed by atoms with Gasteiger partial charge in [0, 0.05) is 0 Å². The van der Waals surface area contributed by atoms with Gasteiger partial charge < -0.3 is 29.6 Å². The Morgan fingerprint density at radius 3 is 2.12 bits per heavy atom. The van der Waals surface area contributed by atoms with Crippen LogP contribution < -0.4 is 24.8 Å². The molecule has 0 amide bonds. The minimum Gasteiger partial charge on any atom is -1.00 e. The van der Waals surface area contributed by atoms with Crippen LogP contribution in [0, 0.1) is 6.92 Å². The molecule has 0 aliphatic heterocycles. The normalized spacial score (nSPS) is 9.46. The van der Waals surface area contributed by atoms with E-state index in [1.807, 2.05) is 13.1 Å². The van der Waals surface area contributed by atoms with Gasteiger partial charge in [0.1, 0.15) is 0 Å². The molecule has 0 unspecified atom stereocenters. The van der Waals surface area contributed by atoms with Gasteiger partial charge in [-0.15, -0.1) is 34.5 Å². The Hall–Kier alpha value is -0.310. The van der Waals surface area contributed by atoms with Gasteiger partial charge in [-0.3, -0.25) is 0 Å². The van der Waals surface area contributed by atoms with Crippen LogP contribution in [-0.2, 0) is 32.6 Å². The van der Waals surface area contributed by atoms with Crippen molar-refractivity contribution in [2.24, 2.45) is 0 Å². The molecule has 26 heavy (non-hydrogen) atoms. The van der Waals surface area contributed by atoms with Crippen molar-refractivity contribution in [3.63, 3.8) is 0 Å². The van der Waals surface area contributed by atoms with Crippen LogP contribution in [0.15, 0.2) is 54.6 Å². The van der Waals surface area contributed by atoms with Crippen LogP contribution in [0.2, 0.25) is 13.1 Å². The average molecular weight is 485 g/mol. The molecule has 0 fully saturated rings. The van der Waals surface area contributed by atoms with Gasteiger partial charge in [-0.25, -0.2) is 0 Å². The third-order valence-electron chi connectivity index (χ3n) is 3.70. The first-order chi connectivity index (χ1) is 11.0. The molecular weight excluding hydrogens is 458 g/mol. The van der Waals surface area contributed by atoms with Crippen molar-refractivity contribution in [3.05, 3.63) is 65.7 Å². The molecule has 0 atom stereocenters. The second-order valence-electron chi connectivity index (χ2n) is 6.24. The first-order valence-electron chi connectivity index (χ1n) is 8.25. The number of fused-ring (bicyclic) bond motifs is 1. The monoisotopic (exact) mass is 482 g/mol. The molecule has 0 aliphatic carbocycles. The predicted molar refractivity (Wildman–Crippen MR) is 103 cm³/mol. The molecule has 3 aromatic carbocycles. The van der Waals surface area contributed by atoms with Crippen molar-refractivity contribution < 1.29 is 55.8 Å². The van der Waals surface area contributed by atoms with Crippen molar-refractivity contribution in [3.8, 4) is 11.1 Å². The minimum absolute atomic E-state index is 0. The molecule has 3 aromatic rings. The third kappa shape index (κ3) is 8.15. The smallest absolute Gasteiger partial charge is 1.00 e. The Bertz CT molecular complexity index is 752. The summed E-state index contributed by atoms with van der Waals surface area (Å²) in [6.45, 7) is 8.03. The van der Waals surface area contributed by atoms with Crippen molar-refractivity contribution in [2.75, 3.05) is 0 Å². The molecule has 1 nitrogen and oxygen atoms in total. The molecule has 0 bridgehead atoms. The number of hydrogen-bond donors (Lipinski definition) is 1. The summed E-state index contributed by atoms with van der Waals surface area (Å²) < 4.78 is 0. The van der Waals surface area contributed by atoms with E-state index >= 15 is 0 Å². The molecule has 138 valence electrons. The van der Waals surface area contributed by atoms with Crippen LogP contribution in [0.5, 0.6) is 0 Å². The first kappa shape index (κ1) is 27.9. The van der Waals surface area contributed by atoms with E-state index in [1.165, 1.54) is 45.9 Å². The Morgan fingerprint density at radius 1 is 1.00 bits per heavy atom. The van der Waals surface area contributed by atoms with Crippen LogP contribution >= 0.6 is 0 Å². The Kier molecular flexibility index (Phi) is 14.8. The molecule has 2 radical (unpaired) electrons. The van der Waals surface area contributed by atoms with Crippen LogP contribution in [0.4, 0.5) is 0 Å². The fraction of sp³-hybridized carbons (Fsp3) is 0.286. The zero-order chi connectivity index (χ0) is 16.8. The Morgan fingerprint density at radius 2 is 1.58 bits per heavy atom. The van der Waals surface area contributed by atoms with Crippen molar-refractivity contribution in [2.45, 2.75) is 39.8 Å². The van der Waals surface area contributed by atoms with Gasteiger partial charge in [0.05, 0.1) is 0 Å². The van der Waals surface area contributed by atoms with Gasteiger partial charge in [-0.1, -0.05) is 56.2 Å². The van der Waals surface area contributed by atoms with E-state index in [-0.39, 0.29) is 51.0 Å². The summed E-state index contributed by atoms with van der Waals surface area (Å²) in [5, 5.41) is 2.70. The molecule has 0 saturated heterocycles. The van der Waals surface area contributed by atoms with Gasteiger partial charge >= 0.3 is 26.2 Å². The summed E-state index contributed by atoms with van der Waals surface area (Å²) in [6, 6.07) is 20.1. The van der Waals surface area contributed by atoms with Crippen molar-refractivity contribution in [1.82, 2.24) is 0 Å². The molecule has 0 aliphatic rings. The van der Waals surface area contributed by atoms with Crippen LogP contribution in [0.3, 0.4) is 0 Å². The van der Waals surface area contributed by atoms with E-state index in [0.717, 1.165) is 0 Å². The first-order valence-corrected chi connectivity index (χ1v) is 10.7. The molecule has 0 spiro atoms. The maximum absolute atomic E-state index is 8.16. The number of rotatable bonds is 3. The molecule has 0 aromatic heterocycles. The Labute approximate surface area is 191 Å². The standard InChI is InChI=1S/C19H19.C2H7OSi.2ClH.Zr/c1-3-5-15-8-10-16(11-9-15)18-7-4-6-17-12-14(2)13-19(17)18;1-4(2)3;;;/h4,6-13H,3,5H2,1-2H3;3H,1-2H3;2*1H;/q-1;;;;+3/p-2. The quantitative estimate of drug-likeness (QED) is 0.401. The fourth-order valence-electron chi connectivity index (χ4n) is 2.78. The molecule has 0 heterocycles. The number of halogens is 2. The maximum atomic E-state index is 8.16. The van der Waals surface area contributed by atoms with E-state index in [1.54, 1.807) is 0 Å².